The Morgan fingerprint density at radius 3 is 1.05 bits per heavy atom. The van der Waals surface area contributed by atoms with E-state index in [0.29, 0.717) is 0 Å². The third-order valence-electron chi connectivity index (χ3n) is 11.9. The largest absolute Gasteiger partial charge is 0.310 e. The summed E-state index contributed by atoms with van der Waals surface area (Å²) < 4.78 is 0. The topological polar surface area (TPSA) is 3.24 Å². The molecule has 11 aromatic rings. The van der Waals surface area contributed by atoms with Crippen molar-refractivity contribution in [3.8, 4) is 22.3 Å². The molecule has 1 nitrogen and oxygen atoms in total. The molecule has 0 amide bonds. The molecular weight excluding hydrogens is 711 g/mol. The van der Waals surface area contributed by atoms with Crippen LogP contribution in [0, 0.1) is 0 Å². The maximum absolute atomic E-state index is 2.42. The zero-order valence-corrected chi connectivity index (χ0v) is 32.5. The number of rotatable bonds is 5. The van der Waals surface area contributed by atoms with Crippen molar-refractivity contribution in [2.24, 2.45) is 0 Å². The fourth-order valence-corrected chi connectivity index (χ4v) is 9.07. The van der Waals surface area contributed by atoms with Gasteiger partial charge in [-0.2, -0.15) is 0 Å². The molecule has 11 aromatic carbocycles. The molecule has 0 saturated carbocycles. The summed E-state index contributed by atoms with van der Waals surface area (Å²) in [6.07, 6.45) is 0. The highest BCUT2D eigenvalue weighted by Crippen LogP contribution is 2.42. The van der Waals surface area contributed by atoms with Crippen molar-refractivity contribution in [2.45, 2.75) is 0 Å². The summed E-state index contributed by atoms with van der Waals surface area (Å²) in [5, 5.41) is 14.7. The number of anilines is 3. The molecule has 0 aliphatic rings. The van der Waals surface area contributed by atoms with Crippen LogP contribution in [0.5, 0.6) is 0 Å². The van der Waals surface area contributed by atoms with E-state index in [0.717, 1.165) is 17.1 Å². The normalized spacial score (nSPS) is 11.4. The van der Waals surface area contributed by atoms with E-state index in [2.05, 4.69) is 241 Å². The molecule has 0 heterocycles. The average molecular weight is 750 g/mol. The number of nitrogens with zero attached hydrogens (tertiary/aromatic N) is 1. The molecular formula is C58H39N. The van der Waals surface area contributed by atoms with E-state index < -0.39 is 0 Å². The van der Waals surface area contributed by atoms with Crippen molar-refractivity contribution in [3.63, 3.8) is 0 Å². The van der Waals surface area contributed by atoms with Gasteiger partial charge < -0.3 is 4.90 Å². The maximum Gasteiger partial charge on any atom is 0.0468 e. The Morgan fingerprint density at radius 1 is 0.203 bits per heavy atom. The third-order valence-corrected chi connectivity index (χ3v) is 11.9. The monoisotopic (exact) mass is 749 g/mol. The Kier molecular flexibility index (Phi) is 8.56. The van der Waals surface area contributed by atoms with Crippen LogP contribution in [-0.2, 0) is 0 Å². The van der Waals surface area contributed by atoms with Gasteiger partial charge in [0.05, 0.1) is 0 Å². The average Bonchev–Trinajstić information content (AvgIpc) is 3.32. The van der Waals surface area contributed by atoms with E-state index in [9.17, 15) is 0 Å². The van der Waals surface area contributed by atoms with Crippen LogP contribution in [0.3, 0.4) is 0 Å². The zero-order valence-electron chi connectivity index (χ0n) is 32.5. The number of hydrogen-bond donors (Lipinski definition) is 0. The molecule has 0 saturated heterocycles. The van der Waals surface area contributed by atoms with Crippen molar-refractivity contribution < 1.29 is 0 Å². The first-order valence-electron chi connectivity index (χ1n) is 20.3. The standard InChI is InChI=1S/C58H39N/c1-3-15-40(16-4-1)42-27-32-45(33-28-42)59(46-34-29-43(30-35-46)41-17-5-2-6-18-41)47-36-38-54-52-24-12-10-22-50(52)49-21-9-11-23-51(49)53-25-13-14-26-55(53)58-48-20-8-7-19-44(48)31-37-56(58)57(54)39-47/h1-39H. The molecule has 0 unspecified atom stereocenters. The van der Waals surface area contributed by atoms with Gasteiger partial charge in [0.25, 0.3) is 0 Å². The van der Waals surface area contributed by atoms with E-state index in [1.54, 1.807) is 0 Å². The van der Waals surface area contributed by atoms with Gasteiger partial charge in [0.15, 0.2) is 0 Å². The first-order valence-corrected chi connectivity index (χ1v) is 20.3. The Morgan fingerprint density at radius 2 is 0.542 bits per heavy atom. The van der Waals surface area contributed by atoms with Gasteiger partial charge in [-0.3, -0.25) is 0 Å². The van der Waals surface area contributed by atoms with Crippen molar-refractivity contribution in [1.29, 1.82) is 0 Å². The van der Waals surface area contributed by atoms with Gasteiger partial charge >= 0.3 is 0 Å². The Bertz CT molecular complexity index is 3320. The molecule has 0 aromatic heterocycles. The minimum atomic E-state index is 1.09. The summed E-state index contributed by atoms with van der Waals surface area (Å²) in [7, 11) is 0. The fourth-order valence-electron chi connectivity index (χ4n) is 9.07. The second-order valence-corrected chi connectivity index (χ2v) is 15.2. The van der Waals surface area contributed by atoms with Crippen LogP contribution >= 0.6 is 0 Å². The van der Waals surface area contributed by atoms with Crippen molar-refractivity contribution in [3.05, 3.63) is 237 Å². The van der Waals surface area contributed by atoms with Crippen LogP contribution in [-0.4, -0.2) is 0 Å². The van der Waals surface area contributed by atoms with Gasteiger partial charge in [-0.1, -0.05) is 200 Å². The van der Waals surface area contributed by atoms with Crippen LogP contribution in [0.2, 0.25) is 0 Å². The maximum atomic E-state index is 2.42. The summed E-state index contributed by atoms with van der Waals surface area (Å²) in [4.78, 5) is 2.40. The molecule has 0 aliphatic carbocycles. The fraction of sp³-hybridized carbons (Fsp3) is 0. The summed E-state index contributed by atoms with van der Waals surface area (Å²) in [6.45, 7) is 0. The zero-order chi connectivity index (χ0) is 39.1. The second-order valence-electron chi connectivity index (χ2n) is 15.2. The SMILES string of the molecule is c1ccc(-c2ccc(N(c3ccc(-c4ccccc4)cc3)c3ccc4c5ccccc5c5ccccc5c5ccccc5c5c6ccccc6ccc5c4c3)cc2)cc1. The predicted octanol–water partition coefficient (Wildman–Crippen LogP) is 16.5. The molecule has 59 heavy (non-hydrogen) atoms. The molecule has 1 heteroatoms. The summed E-state index contributed by atoms with van der Waals surface area (Å²) in [5.41, 5.74) is 8.06. The summed E-state index contributed by atoms with van der Waals surface area (Å²) in [5.74, 6) is 0. The lowest BCUT2D eigenvalue weighted by Crippen LogP contribution is -2.09. The van der Waals surface area contributed by atoms with Crippen molar-refractivity contribution >= 4 is 81.7 Å². The highest BCUT2D eigenvalue weighted by atomic mass is 15.1. The highest BCUT2D eigenvalue weighted by molar-refractivity contribution is 6.30. The van der Waals surface area contributed by atoms with Gasteiger partial charge in [-0.05, 0) is 123 Å². The molecule has 0 bridgehead atoms. The number of hydrogen-bond acceptors (Lipinski definition) is 1. The van der Waals surface area contributed by atoms with Crippen LogP contribution in [0.1, 0.15) is 0 Å². The first-order chi connectivity index (χ1) is 29.3. The number of benzene rings is 10. The lowest BCUT2D eigenvalue weighted by molar-refractivity contribution is 1.29. The molecule has 0 atom stereocenters. The molecule has 276 valence electrons. The molecule has 11 rings (SSSR count). The van der Waals surface area contributed by atoms with Crippen LogP contribution < -0.4 is 4.90 Å². The lowest BCUT2D eigenvalue weighted by Gasteiger charge is -2.26. The van der Waals surface area contributed by atoms with Crippen LogP contribution in [0.25, 0.3) is 86.9 Å². The van der Waals surface area contributed by atoms with E-state index in [1.165, 1.54) is 86.9 Å². The van der Waals surface area contributed by atoms with Crippen LogP contribution in [0.4, 0.5) is 17.1 Å². The van der Waals surface area contributed by atoms with Crippen LogP contribution in [0.15, 0.2) is 237 Å². The quantitative estimate of drug-likeness (QED) is 0.169. The highest BCUT2D eigenvalue weighted by Gasteiger charge is 2.17. The minimum absolute atomic E-state index is 1.09. The second kappa shape index (κ2) is 14.6. The Labute approximate surface area is 344 Å². The first kappa shape index (κ1) is 34.5. The predicted molar refractivity (Wildman–Crippen MR) is 255 cm³/mol. The van der Waals surface area contributed by atoms with E-state index >= 15 is 0 Å². The van der Waals surface area contributed by atoms with Gasteiger partial charge in [0.1, 0.15) is 0 Å². The molecule has 0 N–H and O–H groups in total. The van der Waals surface area contributed by atoms with E-state index in [-0.39, 0.29) is 0 Å². The smallest absolute Gasteiger partial charge is 0.0468 e. The van der Waals surface area contributed by atoms with E-state index in [1.807, 2.05) is 0 Å². The molecule has 0 aliphatic heterocycles. The number of fused-ring (bicyclic) bond motifs is 12. The van der Waals surface area contributed by atoms with Gasteiger partial charge in [0.2, 0.25) is 0 Å². The summed E-state index contributed by atoms with van der Waals surface area (Å²) in [6, 6.07) is 86.5. The Hall–Kier alpha value is -7.74. The summed E-state index contributed by atoms with van der Waals surface area (Å²) >= 11 is 0. The molecule has 0 radical (unpaired) electrons. The molecule has 0 spiro atoms. The van der Waals surface area contributed by atoms with Gasteiger partial charge in [-0.25, -0.2) is 0 Å². The Balaban J connectivity index is 1.26. The molecule has 0 fully saturated rings. The third kappa shape index (κ3) is 6.12. The van der Waals surface area contributed by atoms with Gasteiger partial charge in [-0.15, -0.1) is 0 Å². The van der Waals surface area contributed by atoms with E-state index in [4.69, 9.17) is 0 Å². The minimum Gasteiger partial charge on any atom is -0.310 e. The lowest BCUT2D eigenvalue weighted by atomic mass is 9.92. The van der Waals surface area contributed by atoms with Crippen molar-refractivity contribution in [1.82, 2.24) is 0 Å². The van der Waals surface area contributed by atoms with Gasteiger partial charge in [0, 0.05) is 17.1 Å². The van der Waals surface area contributed by atoms with Crippen molar-refractivity contribution in [2.75, 3.05) is 4.90 Å².